The second kappa shape index (κ2) is 76.3. The Morgan fingerprint density at radius 2 is 0.368 bits per heavy atom. The van der Waals surface area contributed by atoms with E-state index in [9.17, 15) is 0 Å². The molecule has 0 spiro atoms. The SMILES string of the molecule is NCCN.NCCN.NCCN.NCCN.[Cl-].[Cl-].[Pd+2]. The summed E-state index contributed by atoms with van der Waals surface area (Å²) in [5, 5.41) is 0. The number of hydrogen-bond donors (Lipinski definition) is 8. The molecule has 0 aromatic carbocycles. The van der Waals surface area contributed by atoms with Crippen LogP contribution in [0.2, 0.25) is 0 Å². The van der Waals surface area contributed by atoms with Crippen molar-refractivity contribution in [2.75, 3.05) is 52.4 Å². The Labute approximate surface area is 143 Å². The van der Waals surface area contributed by atoms with E-state index in [1.807, 2.05) is 0 Å². The second-order valence-electron chi connectivity index (χ2n) is 2.31. The Morgan fingerprint density at radius 1 is 0.316 bits per heavy atom. The summed E-state index contributed by atoms with van der Waals surface area (Å²) in [6.45, 7) is 4.78. The molecule has 8 nitrogen and oxygen atoms in total. The van der Waals surface area contributed by atoms with Gasteiger partial charge in [0.15, 0.2) is 0 Å². The Kier molecular flexibility index (Phi) is 172. The van der Waals surface area contributed by atoms with Crippen molar-refractivity contribution in [2.24, 2.45) is 45.9 Å². The largest absolute Gasteiger partial charge is 2.00 e. The van der Waals surface area contributed by atoms with E-state index in [4.69, 9.17) is 45.9 Å². The smallest absolute Gasteiger partial charge is 1.00 e. The van der Waals surface area contributed by atoms with Crippen molar-refractivity contribution in [1.82, 2.24) is 0 Å². The van der Waals surface area contributed by atoms with E-state index < -0.39 is 0 Å². The van der Waals surface area contributed by atoms with E-state index in [1.165, 1.54) is 0 Å². The molecule has 0 saturated heterocycles. The topological polar surface area (TPSA) is 208 Å². The van der Waals surface area contributed by atoms with Gasteiger partial charge in [0, 0.05) is 52.4 Å². The van der Waals surface area contributed by atoms with E-state index in [2.05, 4.69) is 0 Å². The third kappa shape index (κ3) is 224. The molecule has 0 fully saturated rings. The van der Waals surface area contributed by atoms with Gasteiger partial charge < -0.3 is 70.7 Å². The number of rotatable bonds is 4. The quantitative estimate of drug-likeness (QED) is 0.205. The van der Waals surface area contributed by atoms with Crippen LogP contribution in [-0.2, 0) is 20.4 Å². The molecule has 0 aromatic heterocycles. The first-order valence-corrected chi connectivity index (χ1v) is 5.27. The van der Waals surface area contributed by atoms with Gasteiger partial charge in [0.1, 0.15) is 0 Å². The first kappa shape index (κ1) is 42.7. The molecule has 0 aliphatic carbocycles. The van der Waals surface area contributed by atoms with Gasteiger partial charge in [0.25, 0.3) is 0 Å². The van der Waals surface area contributed by atoms with Crippen LogP contribution in [-0.4, -0.2) is 52.4 Å². The van der Waals surface area contributed by atoms with Crippen molar-refractivity contribution in [1.29, 1.82) is 0 Å². The minimum atomic E-state index is 0. The van der Waals surface area contributed by atoms with Crippen LogP contribution < -0.4 is 70.7 Å². The molecule has 0 bridgehead atoms. The van der Waals surface area contributed by atoms with Gasteiger partial charge in [-0.15, -0.1) is 0 Å². The van der Waals surface area contributed by atoms with E-state index in [1.54, 1.807) is 0 Å². The van der Waals surface area contributed by atoms with Crippen LogP contribution in [0.15, 0.2) is 0 Å². The summed E-state index contributed by atoms with van der Waals surface area (Å²) in [4.78, 5) is 0. The average molecular weight is 418 g/mol. The first-order chi connectivity index (χ1) is 7.66. The van der Waals surface area contributed by atoms with Gasteiger partial charge in [-0.2, -0.15) is 0 Å². The fourth-order valence-electron chi connectivity index (χ4n) is 0. The molecule has 0 amide bonds. The van der Waals surface area contributed by atoms with Crippen molar-refractivity contribution in [3.8, 4) is 0 Å². The van der Waals surface area contributed by atoms with Gasteiger partial charge in [0.2, 0.25) is 0 Å². The Bertz CT molecular complexity index is 54.7. The first-order valence-electron chi connectivity index (χ1n) is 5.27. The van der Waals surface area contributed by atoms with E-state index in [0.717, 1.165) is 0 Å². The van der Waals surface area contributed by atoms with Gasteiger partial charge >= 0.3 is 20.4 Å². The molecule has 0 aromatic rings. The molecule has 0 aliphatic rings. The summed E-state index contributed by atoms with van der Waals surface area (Å²) in [6.07, 6.45) is 0. The monoisotopic (exact) mass is 416 g/mol. The zero-order valence-corrected chi connectivity index (χ0v) is 14.4. The Balaban J connectivity index is -0.0000000192. The molecule has 0 atom stereocenters. The molecular weight excluding hydrogens is 385 g/mol. The van der Waals surface area contributed by atoms with Crippen LogP contribution >= 0.6 is 0 Å². The summed E-state index contributed by atoms with van der Waals surface area (Å²) in [6, 6.07) is 0. The van der Waals surface area contributed by atoms with Crippen LogP contribution in [0.1, 0.15) is 0 Å². The fraction of sp³-hybridized carbons (Fsp3) is 1.00. The Morgan fingerprint density at radius 3 is 0.368 bits per heavy atom. The molecular formula is C8H32Cl2N8Pd. The molecule has 0 saturated carbocycles. The molecule has 128 valence electrons. The molecule has 0 heterocycles. The van der Waals surface area contributed by atoms with Crippen LogP contribution in [0.25, 0.3) is 0 Å². The van der Waals surface area contributed by atoms with Crippen LogP contribution in [0.3, 0.4) is 0 Å². The van der Waals surface area contributed by atoms with Crippen molar-refractivity contribution in [3.63, 3.8) is 0 Å². The summed E-state index contributed by atoms with van der Waals surface area (Å²) in [5.41, 5.74) is 39.2. The van der Waals surface area contributed by atoms with E-state index in [0.29, 0.717) is 52.4 Å². The third-order valence-corrected chi connectivity index (χ3v) is 0.667. The predicted molar refractivity (Wildman–Crippen MR) is 72.4 cm³/mol. The minimum Gasteiger partial charge on any atom is -1.00 e. The number of hydrogen-bond acceptors (Lipinski definition) is 8. The van der Waals surface area contributed by atoms with Gasteiger partial charge in [-0.1, -0.05) is 0 Å². The summed E-state index contributed by atoms with van der Waals surface area (Å²) >= 11 is 0. The number of halogens is 2. The van der Waals surface area contributed by atoms with E-state index in [-0.39, 0.29) is 45.2 Å². The van der Waals surface area contributed by atoms with E-state index >= 15 is 0 Å². The van der Waals surface area contributed by atoms with Crippen molar-refractivity contribution in [2.45, 2.75) is 0 Å². The van der Waals surface area contributed by atoms with Crippen LogP contribution in [0, 0.1) is 0 Å². The summed E-state index contributed by atoms with van der Waals surface area (Å²) in [7, 11) is 0. The third-order valence-electron chi connectivity index (χ3n) is 0.667. The standard InChI is InChI=1S/4C2H8N2.2ClH.Pd/c4*3-1-2-4;;;/h4*1-4H2;2*1H;/q;;;;;;+2/p-2. The molecule has 19 heavy (non-hydrogen) atoms. The van der Waals surface area contributed by atoms with Crippen molar-refractivity contribution >= 4 is 0 Å². The molecule has 0 aliphatic heterocycles. The molecule has 16 N–H and O–H groups in total. The van der Waals surface area contributed by atoms with Crippen LogP contribution in [0.5, 0.6) is 0 Å². The van der Waals surface area contributed by atoms with Gasteiger partial charge in [-0.05, 0) is 0 Å². The maximum absolute atomic E-state index is 4.90. The van der Waals surface area contributed by atoms with Gasteiger partial charge in [-0.3, -0.25) is 0 Å². The maximum Gasteiger partial charge on any atom is 2.00 e. The maximum atomic E-state index is 4.90. The summed E-state index contributed by atoms with van der Waals surface area (Å²) in [5.74, 6) is 0. The van der Waals surface area contributed by atoms with Gasteiger partial charge in [0.05, 0.1) is 0 Å². The molecule has 0 unspecified atom stereocenters. The fourth-order valence-corrected chi connectivity index (χ4v) is 0. The molecule has 11 heteroatoms. The zero-order chi connectivity index (χ0) is 13.7. The average Bonchev–Trinajstić information content (AvgIpc) is 2.39. The van der Waals surface area contributed by atoms with Gasteiger partial charge in [-0.25, -0.2) is 0 Å². The second-order valence-corrected chi connectivity index (χ2v) is 2.31. The molecule has 0 radical (unpaired) electrons. The molecule has 0 rings (SSSR count). The van der Waals surface area contributed by atoms with Crippen molar-refractivity contribution < 1.29 is 45.2 Å². The zero-order valence-electron chi connectivity index (χ0n) is 11.3. The normalized spacial score (nSPS) is 6.32. The Hall–Kier alpha value is 0.922. The van der Waals surface area contributed by atoms with Crippen molar-refractivity contribution in [3.05, 3.63) is 0 Å². The summed E-state index contributed by atoms with van der Waals surface area (Å²) < 4.78 is 0. The predicted octanol–water partition coefficient (Wildman–Crippen LogP) is -10.4. The number of nitrogens with two attached hydrogens (primary N) is 8. The minimum absolute atomic E-state index is 0. The van der Waals surface area contributed by atoms with Crippen LogP contribution in [0.4, 0.5) is 0 Å².